The van der Waals surface area contributed by atoms with Crippen molar-refractivity contribution in [2.45, 2.75) is 90.5 Å². The number of piperidine rings is 2. The van der Waals surface area contributed by atoms with E-state index in [1.54, 1.807) is 65.4 Å². The van der Waals surface area contributed by atoms with Crippen molar-refractivity contribution in [1.29, 1.82) is 0 Å². The molecule has 0 spiro atoms. The van der Waals surface area contributed by atoms with Gasteiger partial charge in [0.2, 0.25) is 0 Å². The second kappa shape index (κ2) is 20.4. The summed E-state index contributed by atoms with van der Waals surface area (Å²) in [6, 6.07) is 9.55. The molecular formula is C49H55N17O6. The summed E-state index contributed by atoms with van der Waals surface area (Å²) in [5.74, 6) is 1.62. The van der Waals surface area contributed by atoms with Crippen LogP contribution in [-0.2, 0) is 9.47 Å². The smallest absolute Gasteiger partial charge is 0.410 e. The van der Waals surface area contributed by atoms with Gasteiger partial charge in [0.25, 0.3) is 23.6 Å². The fourth-order valence-electron chi connectivity index (χ4n) is 8.03. The highest BCUT2D eigenvalue weighted by molar-refractivity contribution is 5.76. The second-order valence-corrected chi connectivity index (χ2v) is 19.3. The molecule has 0 atom stereocenters. The first-order chi connectivity index (χ1) is 34.5. The summed E-state index contributed by atoms with van der Waals surface area (Å²) in [5, 5.41) is 25.5. The third kappa shape index (κ3) is 11.5. The van der Waals surface area contributed by atoms with Gasteiger partial charge in [-0.25, -0.2) is 24.5 Å². The van der Waals surface area contributed by atoms with Crippen molar-refractivity contribution >= 4 is 23.8 Å². The van der Waals surface area contributed by atoms with E-state index in [0.717, 1.165) is 47.9 Å². The van der Waals surface area contributed by atoms with Gasteiger partial charge in [-0.3, -0.25) is 19.3 Å². The average Bonchev–Trinajstić information content (AvgIpc) is 4.23. The number of carbonyl (C=O) groups is 2. The molecule has 2 saturated heterocycles. The van der Waals surface area contributed by atoms with E-state index in [4.69, 9.17) is 29.8 Å². The Labute approximate surface area is 414 Å². The van der Waals surface area contributed by atoms with E-state index in [-0.39, 0.29) is 53.6 Å². The number of anilines is 2. The summed E-state index contributed by atoms with van der Waals surface area (Å²) < 4.78 is 26.5. The number of nitrogens with zero attached hydrogens (tertiary/aromatic N) is 15. The molecule has 2 fully saturated rings. The van der Waals surface area contributed by atoms with Gasteiger partial charge in [-0.05, 0) is 91.5 Å². The lowest BCUT2D eigenvalue weighted by Gasteiger charge is -2.33. The largest absolute Gasteiger partial charge is 0.444 e. The number of pyridine rings is 3. The Morgan fingerprint density at radius 2 is 1.01 bits per heavy atom. The topological polar surface area (TPSA) is 289 Å². The lowest BCUT2D eigenvalue weighted by atomic mass is 10.1. The number of amides is 2. The molecule has 2 aliphatic rings. The van der Waals surface area contributed by atoms with Crippen LogP contribution in [0.4, 0.5) is 21.2 Å². The highest BCUT2D eigenvalue weighted by atomic mass is 16.6. The quantitative estimate of drug-likeness (QED) is 0.147. The van der Waals surface area contributed by atoms with Gasteiger partial charge < -0.3 is 39.6 Å². The Kier molecular flexibility index (Phi) is 13.7. The van der Waals surface area contributed by atoms with Crippen molar-refractivity contribution in [1.82, 2.24) is 74.7 Å². The average molecular weight is 978 g/mol. The maximum Gasteiger partial charge on any atom is 0.410 e. The third-order valence-electron chi connectivity index (χ3n) is 11.7. The number of nitrogens with two attached hydrogens (primary N) is 2. The van der Waals surface area contributed by atoms with Gasteiger partial charge in [0.1, 0.15) is 34.2 Å². The zero-order valence-electron chi connectivity index (χ0n) is 40.8. The van der Waals surface area contributed by atoms with Crippen LogP contribution in [0.3, 0.4) is 0 Å². The molecule has 2 aliphatic heterocycles. The fourth-order valence-corrected chi connectivity index (χ4v) is 8.03. The minimum absolute atomic E-state index is 0.184. The van der Waals surface area contributed by atoms with Crippen LogP contribution in [0, 0.1) is 0 Å². The first kappa shape index (κ1) is 48.4. The zero-order valence-corrected chi connectivity index (χ0v) is 40.8. The summed E-state index contributed by atoms with van der Waals surface area (Å²) in [7, 11) is 0. The predicted octanol–water partition coefficient (Wildman–Crippen LogP) is 7.82. The van der Waals surface area contributed by atoms with E-state index in [1.165, 1.54) is 0 Å². The van der Waals surface area contributed by atoms with Gasteiger partial charge in [0.15, 0.2) is 0 Å². The van der Waals surface area contributed by atoms with Gasteiger partial charge in [-0.1, -0.05) is 6.07 Å². The lowest BCUT2D eigenvalue weighted by molar-refractivity contribution is 0.0174. The van der Waals surface area contributed by atoms with Crippen LogP contribution < -0.4 is 11.5 Å². The van der Waals surface area contributed by atoms with E-state index >= 15 is 0 Å². The first-order valence-corrected chi connectivity index (χ1v) is 23.4. The maximum atomic E-state index is 12.3. The molecule has 0 unspecified atom stereocenters. The Balaban J connectivity index is 0.000000178. The number of rotatable bonds is 8. The Hall–Kier alpha value is -8.63. The Bertz CT molecular complexity index is 2910. The molecule has 72 heavy (non-hydrogen) atoms. The van der Waals surface area contributed by atoms with Crippen LogP contribution >= 0.6 is 0 Å². The van der Waals surface area contributed by atoms with Crippen molar-refractivity contribution in [3.8, 4) is 68.3 Å². The van der Waals surface area contributed by atoms with Crippen LogP contribution in [0.5, 0.6) is 0 Å². The van der Waals surface area contributed by atoms with E-state index in [2.05, 4.69) is 55.5 Å². The van der Waals surface area contributed by atoms with E-state index in [9.17, 15) is 9.59 Å². The van der Waals surface area contributed by atoms with Gasteiger partial charge in [0, 0.05) is 91.8 Å². The highest BCUT2D eigenvalue weighted by Crippen LogP contribution is 2.34. The molecule has 2 amide bonds. The number of hydrogen-bond donors (Lipinski definition) is 2. The molecule has 4 N–H and O–H groups in total. The standard InChI is InChI=1S/C25H28N8O3.C24H27N9O3/c1-25(2,3)36-24(34)32-10-7-18(8-11-32)33-15-17(14-29-33)16-12-19(21(26)28-13-16)22-30-31-23(35-22)20-6-4-5-9-27-20;1-24(2,3)36-23(34)32-8-4-17(5-9-32)33-14-16(12-29-33)15-10-18(20(25)28-11-15)21-30-31-22(35-21)19-13-26-6-7-27-19/h4-6,9,12-15,18H,7-8,10-11H2,1-3H3,(H2,26,28);6-7,10-14,17H,4-5,8-9H2,1-3H3,(H2,25,28). The molecule has 23 heteroatoms. The number of nitrogen functional groups attached to an aromatic ring is 2. The Morgan fingerprint density at radius 3 is 1.44 bits per heavy atom. The number of aromatic nitrogens is 13. The molecule has 0 aliphatic carbocycles. The third-order valence-corrected chi connectivity index (χ3v) is 11.7. The summed E-state index contributed by atoms with van der Waals surface area (Å²) in [5.41, 5.74) is 16.8. The van der Waals surface area contributed by atoms with Crippen molar-refractivity contribution < 1.29 is 27.9 Å². The molecular weight excluding hydrogens is 923 g/mol. The number of ether oxygens (including phenoxy) is 2. The lowest BCUT2D eigenvalue weighted by Crippen LogP contribution is -2.42. The summed E-state index contributed by atoms with van der Waals surface area (Å²) >= 11 is 0. The van der Waals surface area contributed by atoms with Crippen LogP contribution in [0.2, 0.25) is 0 Å². The van der Waals surface area contributed by atoms with Gasteiger partial charge in [0.05, 0.1) is 41.8 Å². The summed E-state index contributed by atoms with van der Waals surface area (Å²) in [6.07, 6.45) is 19.9. The van der Waals surface area contributed by atoms with Crippen LogP contribution in [-0.4, -0.2) is 124 Å². The van der Waals surface area contributed by atoms with Crippen molar-refractivity contribution in [2.75, 3.05) is 37.6 Å². The van der Waals surface area contributed by atoms with Crippen molar-refractivity contribution in [3.05, 3.63) is 92.3 Å². The minimum atomic E-state index is -0.505. The van der Waals surface area contributed by atoms with Gasteiger partial charge in [-0.2, -0.15) is 10.2 Å². The summed E-state index contributed by atoms with van der Waals surface area (Å²) in [4.78, 5) is 49.3. The SMILES string of the molecule is CC(C)(C)OC(=O)N1CCC(n2cc(-c3cnc(N)c(-c4nnc(-c5ccccn5)o4)c3)cn2)CC1.CC(C)(C)OC(=O)N1CCC(n2cc(-c3cnc(N)c(-c4nnc(-c5cnccn5)o4)c3)cn2)CC1. The van der Waals surface area contributed by atoms with Crippen LogP contribution in [0.1, 0.15) is 79.3 Å². The predicted molar refractivity (Wildman–Crippen MR) is 263 cm³/mol. The number of likely N-dealkylation sites (tertiary alicyclic amines) is 2. The van der Waals surface area contributed by atoms with Crippen molar-refractivity contribution in [2.24, 2.45) is 0 Å². The molecule has 0 aromatic carbocycles. The molecule has 0 radical (unpaired) electrons. The highest BCUT2D eigenvalue weighted by Gasteiger charge is 2.30. The van der Waals surface area contributed by atoms with Crippen molar-refractivity contribution in [3.63, 3.8) is 0 Å². The minimum Gasteiger partial charge on any atom is -0.444 e. The van der Waals surface area contributed by atoms with E-state index in [0.29, 0.717) is 54.6 Å². The van der Waals surface area contributed by atoms with Gasteiger partial charge >= 0.3 is 12.2 Å². The molecule has 10 rings (SSSR count). The monoisotopic (exact) mass is 977 g/mol. The van der Waals surface area contributed by atoms with Crippen LogP contribution in [0.15, 0.2) is 101 Å². The molecule has 0 saturated carbocycles. The first-order valence-electron chi connectivity index (χ1n) is 23.4. The molecule has 10 heterocycles. The van der Waals surface area contributed by atoms with E-state index in [1.807, 2.05) is 87.6 Å². The van der Waals surface area contributed by atoms with Crippen LogP contribution in [0.25, 0.3) is 68.3 Å². The number of hydrogen-bond acceptors (Lipinski definition) is 19. The Morgan fingerprint density at radius 1 is 0.556 bits per heavy atom. The molecule has 372 valence electrons. The summed E-state index contributed by atoms with van der Waals surface area (Å²) in [6.45, 7) is 13.7. The normalized spacial score (nSPS) is 14.7. The number of carbonyl (C=O) groups excluding carboxylic acids is 2. The molecule has 8 aromatic heterocycles. The van der Waals surface area contributed by atoms with E-state index < -0.39 is 11.2 Å². The fraction of sp³-hybridized carbons (Fsp3) is 0.367. The maximum absolute atomic E-state index is 12.3. The second-order valence-electron chi connectivity index (χ2n) is 19.3. The van der Waals surface area contributed by atoms with Gasteiger partial charge in [-0.15, -0.1) is 20.4 Å². The molecule has 8 aromatic rings. The zero-order chi connectivity index (χ0) is 50.6. The molecule has 0 bridgehead atoms. The molecule has 23 nitrogen and oxygen atoms in total.